The summed E-state index contributed by atoms with van der Waals surface area (Å²) in [7, 11) is 0. The second kappa shape index (κ2) is 4.20. The quantitative estimate of drug-likeness (QED) is 0.683. The van der Waals surface area contributed by atoms with Gasteiger partial charge in [-0.05, 0) is 62.5 Å². The molecule has 0 spiro atoms. The maximum atomic E-state index is 12.4. The maximum Gasteiger partial charge on any atom is 0.184 e. The van der Waals surface area contributed by atoms with Crippen molar-refractivity contribution in [3.05, 3.63) is 22.3 Å². The number of ketones is 1. The molecule has 0 heterocycles. The Morgan fingerprint density at radius 2 is 1.25 bits per heavy atom. The first-order valence-electron chi connectivity index (χ1n) is 6.41. The molecule has 0 amide bonds. The summed E-state index contributed by atoms with van der Waals surface area (Å²) in [5, 5.41) is 0. The zero-order valence-corrected chi connectivity index (χ0v) is 10.9. The van der Waals surface area contributed by atoms with E-state index in [1.807, 2.05) is 0 Å². The van der Waals surface area contributed by atoms with E-state index in [1.54, 1.807) is 0 Å². The number of carbonyl (C=O) groups is 1. The fraction of sp³-hybridized carbons (Fsp3) is 0.667. The Morgan fingerprint density at radius 1 is 0.875 bits per heavy atom. The van der Waals surface area contributed by atoms with Gasteiger partial charge in [0.15, 0.2) is 5.78 Å². The van der Waals surface area contributed by atoms with Crippen LogP contribution in [0.3, 0.4) is 0 Å². The van der Waals surface area contributed by atoms with Crippen molar-refractivity contribution in [3.63, 3.8) is 0 Å². The third-order valence-electron chi connectivity index (χ3n) is 3.99. The van der Waals surface area contributed by atoms with E-state index in [0.717, 1.165) is 36.8 Å². The van der Waals surface area contributed by atoms with Gasteiger partial charge in [-0.3, -0.25) is 4.79 Å². The van der Waals surface area contributed by atoms with Crippen LogP contribution < -0.4 is 0 Å². The smallest absolute Gasteiger partial charge is 0.184 e. The summed E-state index contributed by atoms with van der Waals surface area (Å²) >= 11 is 0. The standard InChI is InChI=1S/C15H22O/c1-9-5-11(3)13(7-9)15(16)14-8-10(2)6-12(14)4/h9-10H,5-8H2,1-4H3. The fourth-order valence-corrected chi connectivity index (χ4v) is 3.24. The summed E-state index contributed by atoms with van der Waals surface area (Å²) in [5.74, 6) is 1.70. The molecule has 0 bridgehead atoms. The summed E-state index contributed by atoms with van der Waals surface area (Å²) in [6.45, 7) is 8.74. The van der Waals surface area contributed by atoms with Crippen LogP contribution in [-0.4, -0.2) is 5.78 Å². The van der Waals surface area contributed by atoms with Gasteiger partial charge in [-0.1, -0.05) is 25.0 Å². The minimum atomic E-state index is 0.365. The van der Waals surface area contributed by atoms with Crippen molar-refractivity contribution in [2.45, 2.75) is 53.4 Å². The summed E-state index contributed by atoms with van der Waals surface area (Å²) in [6.07, 6.45) is 4.22. The molecule has 0 aromatic rings. The predicted octanol–water partition coefficient (Wildman–Crippen LogP) is 4.05. The topological polar surface area (TPSA) is 17.1 Å². The number of allylic oxidation sites excluding steroid dienone is 4. The van der Waals surface area contributed by atoms with Gasteiger partial charge in [-0.15, -0.1) is 0 Å². The van der Waals surface area contributed by atoms with Crippen molar-refractivity contribution < 1.29 is 4.79 Å². The minimum absolute atomic E-state index is 0.365. The molecule has 1 nitrogen and oxygen atoms in total. The Morgan fingerprint density at radius 3 is 1.50 bits per heavy atom. The highest BCUT2D eigenvalue weighted by molar-refractivity contribution is 6.09. The first-order chi connectivity index (χ1) is 7.49. The average Bonchev–Trinajstić information content (AvgIpc) is 2.68. The molecule has 2 aliphatic carbocycles. The molecule has 2 unspecified atom stereocenters. The van der Waals surface area contributed by atoms with E-state index >= 15 is 0 Å². The molecule has 0 aromatic heterocycles. The molecule has 0 fully saturated rings. The Bertz CT molecular complexity index is 348. The third kappa shape index (κ3) is 2.00. The molecule has 0 saturated heterocycles. The van der Waals surface area contributed by atoms with Crippen LogP contribution in [0.25, 0.3) is 0 Å². The summed E-state index contributed by atoms with van der Waals surface area (Å²) < 4.78 is 0. The minimum Gasteiger partial charge on any atom is -0.289 e. The van der Waals surface area contributed by atoms with Crippen LogP contribution in [0, 0.1) is 11.8 Å². The Balaban J connectivity index is 2.21. The highest BCUT2D eigenvalue weighted by atomic mass is 16.1. The van der Waals surface area contributed by atoms with Crippen molar-refractivity contribution >= 4 is 5.78 Å². The number of hydrogen-bond donors (Lipinski definition) is 0. The number of rotatable bonds is 2. The van der Waals surface area contributed by atoms with Gasteiger partial charge in [0.1, 0.15) is 0 Å². The molecule has 0 saturated carbocycles. The Kier molecular flexibility index (Phi) is 3.05. The van der Waals surface area contributed by atoms with Crippen LogP contribution in [0.4, 0.5) is 0 Å². The van der Waals surface area contributed by atoms with E-state index in [-0.39, 0.29) is 0 Å². The Hall–Kier alpha value is -0.850. The molecular weight excluding hydrogens is 196 g/mol. The molecular formula is C15H22O. The zero-order valence-electron chi connectivity index (χ0n) is 10.9. The molecule has 0 N–H and O–H groups in total. The van der Waals surface area contributed by atoms with Crippen molar-refractivity contribution in [1.82, 2.24) is 0 Å². The van der Waals surface area contributed by atoms with Gasteiger partial charge < -0.3 is 0 Å². The summed E-state index contributed by atoms with van der Waals surface area (Å²) in [5.41, 5.74) is 4.90. The second-order valence-electron chi connectivity index (χ2n) is 5.87. The molecule has 0 radical (unpaired) electrons. The number of carbonyl (C=O) groups excluding carboxylic acids is 1. The molecule has 16 heavy (non-hydrogen) atoms. The van der Waals surface area contributed by atoms with Crippen LogP contribution in [0.15, 0.2) is 22.3 Å². The first-order valence-corrected chi connectivity index (χ1v) is 6.41. The molecule has 0 aromatic carbocycles. The number of Topliss-reactive ketones (excluding diaryl/α,β-unsaturated/α-hetero) is 1. The van der Waals surface area contributed by atoms with E-state index in [4.69, 9.17) is 0 Å². The lowest BCUT2D eigenvalue weighted by Gasteiger charge is -2.07. The van der Waals surface area contributed by atoms with Gasteiger partial charge in [-0.25, -0.2) is 0 Å². The van der Waals surface area contributed by atoms with Gasteiger partial charge in [0.05, 0.1) is 0 Å². The summed E-state index contributed by atoms with van der Waals surface area (Å²) in [4.78, 5) is 12.4. The molecule has 1 heteroatoms. The van der Waals surface area contributed by atoms with Gasteiger partial charge in [0.25, 0.3) is 0 Å². The fourth-order valence-electron chi connectivity index (χ4n) is 3.24. The lowest BCUT2D eigenvalue weighted by Crippen LogP contribution is -2.07. The van der Waals surface area contributed by atoms with Crippen LogP contribution in [0.2, 0.25) is 0 Å². The van der Waals surface area contributed by atoms with E-state index in [1.165, 1.54) is 11.1 Å². The van der Waals surface area contributed by atoms with Crippen molar-refractivity contribution in [3.8, 4) is 0 Å². The molecule has 88 valence electrons. The largest absolute Gasteiger partial charge is 0.289 e. The molecule has 2 aliphatic rings. The maximum absolute atomic E-state index is 12.4. The van der Waals surface area contributed by atoms with Crippen LogP contribution in [0.5, 0.6) is 0 Å². The van der Waals surface area contributed by atoms with E-state index in [2.05, 4.69) is 27.7 Å². The van der Waals surface area contributed by atoms with Crippen molar-refractivity contribution in [2.75, 3.05) is 0 Å². The summed E-state index contributed by atoms with van der Waals surface area (Å²) in [6, 6.07) is 0. The molecule has 2 atom stereocenters. The van der Waals surface area contributed by atoms with Crippen molar-refractivity contribution in [1.29, 1.82) is 0 Å². The monoisotopic (exact) mass is 218 g/mol. The third-order valence-corrected chi connectivity index (χ3v) is 3.99. The van der Waals surface area contributed by atoms with Gasteiger partial charge in [-0.2, -0.15) is 0 Å². The predicted molar refractivity (Wildman–Crippen MR) is 67.2 cm³/mol. The second-order valence-corrected chi connectivity index (χ2v) is 5.87. The lowest BCUT2D eigenvalue weighted by molar-refractivity contribution is -0.112. The lowest BCUT2D eigenvalue weighted by atomic mass is 9.96. The van der Waals surface area contributed by atoms with E-state index in [9.17, 15) is 4.79 Å². The van der Waals surface area contributed by atoms with Gasteiger partial charge in [0.2, 0.25) is 0 Å². The highest BCUT2D eigenvalue weighted by Crippen LogP contribution is 2.38. The van der Waals surface area contributed by atoms with E-state index < -0.39 is 0 Å². The highest BCUT2D eigenvalue weighted by Gasteiger charge is 2.29. The van der Waals surface area contributed by atoms with Crippen LogP contribution in [-0.2, 0) is 4.79 Å². The van der Waals surface area contributed by atoms with Crippen LogP contribution in [0.1, 0.15) is 53.4 Å². The average molecular weight is 218 g/mol. The van der Waals surface area contributed by atoms with Crippen LogP contribution >= 0.6 is 0 Å². The zero-order chi connectivity index (χ0) is 11.9. The normalized spacial score (nSPS) is 30.5. The number of hydrogen-bond acceptors (Lipinski definition) is 1. The van der Waals surface area contributed by atoms with Gasteiger partial charge in [0, 0.05) is 0 Å². The molecule has 0 aliphatic heterocycles. The van der Waals surface area contributed by atoms with Gasteiger partial charge >= 0.3 is 0 Å². The van der Waals surface area contributed by atoms with E-state index in [0.29, 0.717) is 17.6 Å². The Labute approximate surface area is 98.6 Å². The molecule has 2 rings (SSSR count). The SMILES string of the molecule is CC1=C(C(=O)C2=C(C)CC(C)C2)CC(C)C1. The van der Waals surface area contributed by atoms with Crippen molar-refractivity contribution in [2.24, 2.45) is 11.8 Å². The first kappa shape index (κ1) is 11.6.